The van der Waals surface area contributed by atoms with Crippen molar-refractivity contribution in [3.8, 4) is 0 Å². The maximum absolute atomic E-state index is 10.3. The number of aliphatic hydroxyl groups excluding tert-OH is 8. The Morgan fingerprint density at radius 2 is 0.851 bits per heavy atom. The molecule has 2 aliphatic heterocycles. The molecule has 412 valence electrons. The maximum Gasteiger partial charge on any atom is 0.187 e. The van der Waals surface area contributed by atoms with Gasteiger partial charge in [0.15, 0.2) is 12.6 Å². The van der Waals surface area contributed by atoms with Crippen LogP contribution < -0.4 is 0 Å². The lowest BCUT2D eigenvalue weighted by atomic mass is 9.59. The molecule has 2 heterocycles. The zero-order chi connectivity index (χ0) is 54.9. The molecule has 12 nitrogen and oxygen atoms in total. The number of allylic oxidation sites excluding steroid dienone is 22. The number of aliphatic hydroxyl groups is 8. The fourth-order valence-electron chi connectivity index (χ4n) is 10.4. The highest BCUT2D eigenvalue weighted by molar-refractivity contribution is 5.33. The van der Waals surface area contributed by atoms with Crippen LogP contribution in [-0.2, 0) is 18.9 Å². The first kappa shape index (κ1) is 62.7. The van der Waals surface area contributed by atoms with Gasteiger partial charge in [-0.25, -0.2) is 0 Å². The van der Waals surface area contributed by atoms with Crippen LogP contribution in [0.3, 0.4) is 0 Å². The summed E-state index contributed by atoms with van der Waals surface area (Å²) in [6, 6.07) is 0. The van der Waals surface area contributed by atoms with Gasteiger partial charge in [-0.05, 0) is 103 Å². The molecular formula is C62H92O12. The molecular weight excluding hydrogens is 937 g/mol. The SMILES string of the molecule is C=C1CC[C@H](C/C=C(\C)CO[C@H]2O[C@@H](CO)[C@H](O)[C@@H](O)[C@@H]2O)C(C)(C)[C@H]1/C=C/C(C)=C/C=C/C(C)=C/C=C/C=C(C)/C=C/C=C(C)/C=C/[C@H]1C(=C)CC[C@H](C/C=C(\C)CO[C@H]2O[C@@H](CO)[C@H](O)[C@@H](O)[C@@H]2O)C1(C)C. The van der Waals surface area contributed by atoms with Crippen LogP contribution in [0.4, 0.5) is 0 Å². The third kappa shape index (κ3) is 17.9. The van der Waals surface area contributed by atoms with Crippen molar-refractivity contribution in [2.45, 2.75) is 169 Å². The molecule has 8 N–H and O–H groups in total. The van der Waals surface area contributed by atoms with Crippen molar-refractivity contribution in [2.24, 2.45) is 34.5 Å². The van der Waals surface area contributed by atoms with Crippen LogP contribution in [0.2, 0.25) is 0 Å². The summed E-state index contributed by atoms with van der Waals surface area (Å²) >= 11 is 0. The third-order valence-electron chi connectivity index (χ3n) is 15.7. The van der Waals surface area contributed by atoms with Crippen LogP contribution in [0.1, 0.15) is 108 Å². The Balaban J connectivity index is 1.23. The molecule has 2 aliphatic carbocycles. The minimum Gasteiger partial charge on any atom is -0.394 e. The molecule has 12 heteroatoms. The second kappa shape index (κ2) is 29.6. The molecule has 0 spiro atoms. The van der Waals surface area contributed by atoms with Crippen molar-refractivity contribution in [1.82, 2.24) is 0 Å². The zero-order valence-electron chi connectivity index (χ0n) is 46.0. The molecule has 0 aromatic heterocycles. The van der Waals surface area contributed by atoms with Crippen molar-refractivity contribution in [2.75, 3.05) is 26.4 Å². The predicted octanol–water partition coefficient (Wildman–Crippen LogP) is 9.08. The molecule has 2 saturated heterocycles. The summed E-state index contributed by atoms with van der Waals surface area (Å²) in [5.41, 5.74) is 8.93. The van der Waals surface area contributed by atoms with E-state index >= 15 is 0 Å². The van der Waals surface area contributed by atoms with E-state index < -0.39 is 74.6 Å². The average Bonchev–Trinajstić information content (AvgIpc) is 3.34. The van der Waals surface area contributed by atoms with Gasteiger partial charge in [0.1, 0.15) is 48.8 Å². The topological polar surface area (TPSA) is 199 Å². The van der Waals surface area contributed by atoms with Gasteiger partial charge in [-0.3, -0.25) is 0 Å². The molecule has 0 bridgehead atoms. The van der Waals surface area contributed by atoms with Gasteiger partial charge in [0.2, 0.25) is 0 Å². The van der Waals surface area contributed by atoms with E-state index in [1.165, 1.54) is 11.1 Å². The van der Waals surface area contributed by atoms with Gasteiger partial charge in [0, 0.05) is 11.8 Å². The monoisotopic (exact) mass is 1030 g/mol. The van der Waals surface area contributed by atoms with Crippen molar-refractivity contribution in [3.63, 3.8) is 0 Å². The number of hydrogen-bond acceptors (Lipinski definition) is 12. The fourth-order valence-corrected chi connectivity index (χ4v) is 10.4. The Morgan fingerprint density at radius 1 is 0.514 bits per heavy atom. The van der Waals surface area contributed by atoms with Crippen LogP contribution in [0.5, 0.6) is 0 Å². The highest BCUT2D eigenvalue weighted by Crippen LogP contribution is 2.51. The summed E-state index contributed by atoms with van der Waals surface area (Å²) in [7, 11) is 0. The normalized spacial score (nSPS) is 34.4. The molecule has 4 fully saturated rings. The Bertz CT molecular complexity index is 2040. The highest BCUT2D eigenvalue weighted by Gasteiger charge is 2.46. The quantitative estimate of drug-likeness (QED) is 0.0379. The third-order valence-corrected chi connectivity index (χ3v) is 15.7. The van der Waals surface area contributed by atoms with Crippen LogP contribution in [0, 0.1) is 34.5 Å². The lowest BCUT2D eigenvalue weighted by Gasteiger charge is -2.45. The number of ether oxygens (including phenoxy) is 4. The summed E-state index contributed by atoms with van der Waals surface area (Å²) in [6.45, 7) is 29.9. The summed E-state index contributed by atoms with van der Waals surface area (Å²) in [6.07, 6.45) is 27.0. The van der Waals surface area contributed by atoms with Crippen molar-refractivity contribution < 1.29 is 59.8 Å². The van der Waals surface area contributed by atoms with Crippen LogP contribution in [-0.4, -0.2) is 129 Å². The van der Waals surface area contributed by atoms with E-state index in [0.29, 0.717) is 11.8 Å². The van der Waals surface area contributed by atoms with Crippen LogP contribution >= 0.6 is 0 Å². The molecule has 74 heavy (non-hydrogen) atoms. The fraction of sp³-hybridized carbons (Fsp3) is 0.581. The standard InChI is InChI=1S/C62H92O12/c1-39(19-15-21-41(3)25-33-49-45(7)27-31-47(61(49,9)10)29-23-43(5)37-71-59-57(69)55(67)53(65)51(35-63)73-59)17-13-14-18-40(2)20-16-22-42(4)26-34-50-46(8)28-32-48(62(50,11)12)30-24-44(6)38-72-60-58(70)56(68)54(66)52(36-64)74-60/h13-26,33-34,47-60,63-70H,7-8,27-32,35-38H2,1-6,9-12H3/b14-13+,19-15+,20-16+,33-25+,34-26+,39-17+,40-18+,41-21+,42-22+,43-23+,44-24+/t47-,48-,49-,50-,51-,52-,53-,54-,55+,56+,57-,58-,59-,60-/m0/s1. The summed E-state index contributed by atoms with van der Waals surface area (Å²) in [4.78, 5) is 0. The van der Waals surface area contributed by atoms with E-state index in [9.17, 15) is 40.9 Å². The molecule has 2 saturated carbocycles. The molecule has 0 aromatic carbocycles. The van der Waals surface area contributed by atoms with Gasteiger partial charge < -0.3 is 59.8 Å². The van der Waals surface area contributed by atoms with Gasteiger partial charge in [-0.2, -0.15) is 0 Å². The largest absolute Gasteiger partial charge is 0.394 e. The minimum absolute atomic E-state index is 0.0274. The Morgan fingerprint density at radius 3 is 1.20 bits per heavy atom. The van der Waals surface area contributed by atoms with Gasteiger partial charge >= 0.3 is 0 Å². The summed E-state index contributed by atoms with van der Waals surface area (Å²) in [5.74, 6) is 1.27. The van der Waals surface area contributed by atoms with Gasteiger partial charge in [-0.1, -0.05) is 183 Å². The highest BCUT2D eigenvalue weighted by atomic mass is 16.7. The van der Waals surface area contributed by atoms with E-state index in [2.05, 4.69) is 166 Å². The molecule has 14 atom stereocenters. The molecule has 4 rings (SSSR count). The second-order valence-corrected chi connectivity index (χ2v) is 22.4. The summed E-state index contributed by atoms with van der Waals surface area (Å²) < 4.78 is 22.5. The Labute approximate surface area is 443 Å². The van der Waals surface area contributed by atoms with E-state index in [-0.39, 0.29) is 35.9 Å². The molecule has 0 unspecified atom stereocenters. The van der Waals surface area contributed by atoms with Gasteiger partial charge in [0.05, 0.1) is 26.4 Å². The van der Waals surface area contributed by atoms with E-state index in [1.807, 2.05) is 13.8 Å². The van der Waals surface area contributed by atoms with Gasteiger partial charge in [0.25, 0.3) is 0 Å². The summed E-state index contributed by atoms with van der Waals surface area (Å²) in [5, 5.41) is 79.9. The maximum atomic E-state index is 10.3. The lowest BCUT2D eigenvalue weighted by Crippen LogP contribution is -2.59. The minimum atomic E-state index is -1.47. The second-order valence-electron chi connectivity index (χ2n) is 22.4. The average molecular weight is 1030 g/mol. The first-order valence-electron chi connectivity index (χ1n) is 26.5. The Hall–Kier alpha value is -3.86. The lowest BCUT2D eigenvalue weighted by molar-refractivity contribution is -0.299. The zero-order valence-corrected chi connectivity index (χ0v) is 46.0. The molecule has 0 radical (unpaired) electrons. The van der Waals surface area contributed by atoms with E-state index in [1.54, 1.807) is 0 Å². The van der Waals surface area contributed by atoms with E-state index in [0.717, 1.165) is 72.0 Å². The van der Waals surface area contributed by atoms with Crippen LogP contribution in [0.15, 0.2) is 155 Å². The first-order chi connectivity index (χ1) is 34.9. The predicted molar refractivity (Wildman–Crippen MR) is 295 cm³/mol. The number of hydrogen-bond donors (Lipinski definition) is 8. The van der Waals surface area contributed by atoms with Crippen molar-refractivity contribution in [3.05, 3.63) is 155 Å². The van der Waals surface area contributed by atoms with Crippen molar-refractivity contribution in [1.29, 1.82) is 0 Å². The molecule has 0 aromatic rings. The number of rotatable bonds is 22. The first-order valence-corrected chi connectivity index (χ1v) is 26.5. The van der Waals surface area contributed by atoms with Crippen molar-refractivity contribution >= 4 is 0 Å². The van der Waals surface area contributed by atoms with E-state index in [4.69, 9.17) is 18.9 Å². The van der Waals surface area contributed by atoms with Gasteiger partial charge in [-0.15, -0.1) is 0 Å². The van der Waals surface area contributed by atoms with Crippen LogP contribution in [0.25, 0.3) is 0 Å². The molecule has 4 aliphatic rings. The Kier molecular flexibility index (Phi) is 25.1. The molecule has 0 amide bonds. The smallest absolute Gasteiger partial charge is 0.187 e.